The van der Waals surface area contributed by atoms with Gasteiger partial charge in [0.2, 0.25) is 0 Å². The molecule has 110 valence electrons. The van der Waals surface area contributed by atoms with E-state index in [1.54, 1.807) is 26.8 Å². The Morgan fingerprint density at radius 1 is 1.45 bits per heavy atom. The van der Waals surface area contributed by atoms with Crippen molar-refractivity contribution in [2.45, 2.75) is 45.5 Å². The summed E-state index contributed by atoms with van der Waals surface area (Å²) in [4.78, 5) is 11.9. The van der Waals surface area contributed by atoms with Crippen LogP contribution in [0, 0.1) is 11.2 Å². The third kappa shape index (κ3) is 3.35. The van der Waals surface area contributed by atoms with Crippen molar-refractivity contribution >= 4 is 5.97 Å². The molecule has 1 heterocycles. The van der Waals surface area contributed by atoms with Crippen molar-refractivity contribution in [1.82, 2.24) is 5.32 Å². The minimum Gasteiger partial charge on any atom is -0.446 e. The lowest BCUT2D eigenvalue weighted by Gasteiger charge is -2.21. The first-order chi connectivity index (χ1) is 9.27. The Morgan fingerprint density at radius 2 is 2.15 bits per heavy atom. The van der Waals surface area contributed by atoms with Crippen LogP contribution in [-0.2, 0) is 9.53 Å². The number of hydrogen-bond acceptors (Lipinski definition) is 4. The van der Waals surface area contributed by atoms with E-state index in [-0.39, 0.29) is 23.9 Å². The largest absolute Gasteiger partial charge is 0.446 e. The fraction of sp³-hybridized carbons (Fsp3) is 0.533. The Labute approximate surface area is 118 Å². The van der Waals surface area contributed by atoms with Gasteiger partial charge >= 0.3 is 5.97 Å². The molecule has 1 aromatic rings. The van der Waals surface area contributed by atoms with Crippen LogP contribution in [0.15, 0.2) is 24.3 Å². The molecule has 0 aliphatic carbocycles. The fourth-order valence-corrected chi connectivity index (χ4v) is 2.21. The zero-order valence-electron chi connectivity index (χ0n) is 12.0. The second-order valence-electron chi connectivity index (χ2n) is 6.24. The normalized spacial score (nSPS) is 26.6. The van der Waals surface area contributed by atoms with E-state index < -0.39 is 11.6 Å². The quantitative estimate of drug-likeness (QED) is 0.814. The maximum absolute atomic E-state index is 13.3. The Kier molecular flexibility index (Phi) is 4.11. The highest BCUT2D eigenvalue weighted by Gasteiger charge is 2.36. The van der Waals surface area contributed by atoms with Crippen molar-refractivity contribution in [3.63, 3.8) is 0 Å². The van der Waals surface area contributed by atoms with E-state index in [4.69, 9.17) is 10.5 Å². The molecule has 3 N–H and O–H groups in total. The summed E-state index contributed by atoms with van der Waals surface area (Å²) in [6, 6.07) is 5.88. The summed E-state index contributed by atoms with van der Waals surface area (Å²) >= 11 is 0. The number of nitrogens with two attached hydrogens (primary N) is 1. The summed E-state index contributed by atoms with van der Waals surface area (Å²) in [6.45, 7) is 5.40. The SMILES string of the molecule is CC(C)(C)C(=O)OC1CC(N)C(c2cccc(F)c2)N1. The Balaban J connectivity index is 2.04. The monoisotopic (exact) mass is 280 g/mol. The van der Waals surface area contributed by atoms with Gasteiger partial charge in [0.25, 0.3) is 0 Å². The average molecular weight is 280 g/mol. The molecule has 0 radical (unpaired) electrons. The number of halogens is 1. The molecule has 0 amide bonds. The van der Waals surface area contributed by atoms with Gasteiger partial charge in [0.05, 0.1) is 11.5 Å². The summed E-state index contributed by atoms with van der Waals surface area (Å²) < 4.78 is 18.7. The maximum atomic E-state index is 13.3. The summed E-state index contributed by atoms with van der Waals surface area (Å²) in [5, 5.41) is 3.15. The minimum absolute atomic E-state index is 0.205. The van der Waals surface area contributed by atoms with E-state index in [0.29, 0.717) is 6.42 Å². The lowest BCUT2D eigenvalue weighted by molar-refractivity contribution is -0.159. The van der Waals surface area contributed by atoms with Crippen molar-refractivity contribution in [3.8, 4) is 0 Å². The van der Waals surface area contributed by atoms with Gasteiger partial charge in [0.15, 0.2) is 6.23 Å². The molecule has 4 nitrogen and oxygen atoms in total. The molecule has 1 fully saturated rings. The smallest absolute Gasteiger partial charge is 0.312 e. The first kappa shape index (κ1) is 14.9. The van der Waals surface area contributed by atoms with E-state index >= 15 is 0 Å². The highest BCUT2D eigenvalue weighted by Crippen LogP contribution is 2.28. The number of esters is 1. The second kappa shape index (κ2) is 5.50. The third-order valence-corrected chi connectivity index (χ3v) is 3.35. The maximum Gasteiger partial charge on any atom is 0.312 e. The Morgan fingerprint density at radius 3 is 2.75 bits per heavy atom. The number of carbonyl (C=O) groups is 1. The van der Waals surface area contributed by atoms with Crippen LogP contribution >= 0.6 is 0 Å². The molecule has 2 rings (SSSR count). The van der Waals surface area contributed by atoms with Gasteiger partial charge in [-0.25, -0.2) is 4.39 Å². The highest BCUT2D eigenvalue weighted by atomic mass is 19.1. The summed E-state index contributed by atoms with van der Waals surface area (Å²) in [6.07, 6.45) is 0.0909. The molecule has 5 heteroatoms. The van der Waals surface area contributed by atoms with Crippen LogP contribution in [0.3, 0.4) is 0 Å². The van der Waals surface area contributed by atoms with Crippen molar-refractivity contribution in [3.05, 3.63) is 35.6 Å². The topological polar surface area (TPSA) is 64.3 Å². The van der Waals surface area contributed by atoms with Gasteiger partial charge in [-0.1, -0.05) is 12.1 Å². The van der Waals surface area contributed by atoms with Crippen molar-refractivity contribution < 1.29 is 13.9 Å². The Bertz CT molecular complexity index is 499. The van der Waals surface area contributed by atoms with Gasteiger partial charge in [-0.15, -0.1) is 0 Å². The van der Waals surface area contributed by atoms with Crippen LogP contribution in [0.5, 0.6) is 0 Å². The standard InChI is InChI=1S/C15H21FN2O2/c1-15(2,3)14(19)20-12-8-11(17)13(18-12)9-5-4-6-10(16)7-9/h4-7,11-13,18H,8,17H2,1-3H3. The highest BCUT2D eigenvalue weighted by molar-refractivity contribution is 5.75. The molecule has 0 spiro atoms. The predicted octanol–water partition coefficient (Wildman–Crippen LogP) is 2.10. The van der Waals surface area contributed by atoms with Crippen LogP contribution in [0.25, 0.3) is 0 Å². The molecule has 0 aromatic heterocycles. The van der Waals surface area contributed by atoms with Crippen LogP contribution in [-0.4, -0.2) is 18.2 Å². The van der Waals surface area contributed by atoms with Crippen LogP contribution in [0.1, 0.15) is 38.8 Å². The van der Waals surface area contributed by atoms with Gasteiger partial charge < -0.3 is 10.5 Å². The first-order valence-electron chi connectivity index (χ1n) is 6.75. The number of nitrogens with one attached hydrogen (secondary N) is 1. The van der Waals surface area contributed by atoms with E-state index in [1.807, 2.05) is 6.07 Å². The fourth-order valence-electron chi connectivity index (χ4n) is 2.21. The molecule has 3 unspecified atom stereocenters. The molecule has 20 heavy (non-hydrogen) atoms. The van der Waals surface area contributed by atoms with Crippen molar-refractivity contribution in [1.29, 1.82) is 0 Å². The molecule has 1 saturated heterocycles. The number of benzene rings is 1. The molecule has 3 atom stereocenters. The van der Waals surface area contributed by atoms with E-state index in [9.17, 15) is 9.18 Å². The number of rotatable bonds is 2. The van der Waals surface area contributed by atoms with E-state index in [1.165, 1.54) is 12.1 Å². The van der Waals surface area contributed by atoms with E-state index in [0.717, 1.165) is 5.56 Å². The summed E-state index contributed by atoms with van der Waals surface area (Å²) in [5.74, 6) is -0.575. The molecular formula is C15H21FN2O2. The van der Waals surface area contributed by atoms with Crippen molar-refractivity contribution in [2.24, 2.45) is 11.1 Å². The molecular weight excluding hydrogens is 259 g/mol. The zero-order valence-corrected chi connectivity index (χ0v) is 12.0. The van der Waals surface area contributed by atoms with Gasteiger partial charge in [-0.05, 0) is 38.5 Å². The molecule has 1 aliphatic heterocycles. The zero-order chi connectivity index (χ0) is 14.9. The minimum atomic E-state index is -0.553. The average Bonchev–Trinajstić information content (AvgIpc) is 2.69. The molecule has 0 saturated carbocycles. The van der Waals surface area contributed by atoms with Gasteiger partial charge in [-0.2, -0.15) is 0 Å². The Hall–Kier alpha value is -1.46. The van der Waals surface area contributed by atoms with Crippen LogP contribution in [0.2, 0.25) is 0 Å². The van der Waals surface area contributed by atoms with Crippen LogP contribution < -0.4 is 11.1 Å². The third-order valence-electron chi connectivity index (χ3n) is 3.35. The predicted molar refractivity (Wildman–Crippen MR) is 74.2 cm³/mol. The number of carbonyl (C=O) groups excluding carboxylic acids is 1. The molecule has 1 aromatic carbocycles. The van der Waals surface area contributed by atoms with Gasteiger partial charge in [0.1, 0.15) is 5.82 Å². The van der Waals surface area contributed by atoms with Gasteiger partial charge in [0, 0.05) is 12.5 Å². The molecule has 1 aliphatic rings. The van der Waals surface area contributed by atoms with Gasteiger partial charge in [-0.3, -0.25) is 10.1 Å². The summed E-state index contributed by atoms with van der Waals surface area (Å²) in [7, 11) is 0. The number of ether oxygens (including phenoxy) is 1. The lowest BCUT2D eigenvalue weighted by Crippen LogP contribution is -2.34. The van der Waals surface area contributed by atoms with Crippen molar-refractivity contribution in [2.75, 3.05) is 0 Å². The lowest BCUT2D eigenvalue weighted by atomic mass is 9.97. The van der Waals surface area contributed by atoms with E-state index in [2.05, 4.69) is 5.32 Å². The van der Waals surface area contributed by atoms with Crippen LogP contribution in [0.4, 0.5) is 4.39 Å². The molecule has 0 bridgehead atoms. The first-order valence-corrected chi connectivity index (χ1v) is 6.75. The second-order valence-corrected chi connectivity index (χ2v) is 6.24. The summed E-state index contributed by atoms with van der Waals surface area (Å²) in [5.41, 5.74) is 6.28. The number of hydrogen-bond donors (Lipinski definition) is 2.